The number of benzene rings is 1. The van der Waals surface area contributed by atoms with E-state index in [1.54, 1.807) is 6.92 Å². The van der Waals surface area contributed by atoms with Crippen molar-refractivity contribution >= 4 is 17.4 Å². The first-order valence-electron chi connectivity index (χ1n) is 6.15. The van der Waals surface area contributed by atoms with Gasteiger partial charge in [0.15, 0.2) is 5.78 Å². The van der Waals surface area contributed by atoms with Gasteiger partial charge in [-0.2, -0.15) is 0 Å². The molecule has 0 radical (unpaired) electrons. The van der Waals surface area contributed by atoms with Gasteiger partial charge in [-0.15, -0.1) is 0 Å². The Hall–Kier alpha value is -2.16. The van der Waals surface area contributed by atoms with Crippen LogP contribution in [0.15, 0.2) is 53.1 Å². The standard InChI is InChI=1S/C16H19NO2/c1-11(2)15(12(3)10-13(4)18)16(19)17-14-8-6-5-7-9-14/h5-10H,1-4H3,(H,17,19)/b12-10-. The van der Waals surface area contributed by atoms with Crippen molar-refractivity contribution in [3.63, 3.8) is 0 Å². The number of ketones is 1. The van der Waals surface area contributed by atoms with Crippen LogP contribution in [0.5, 0.6) is 0 Å². The molecule has 0 aromatic heterocycles. The van der Waals surface area contributed by atoms with E-state index in [1.807, 2.05) is 44.2 Å². The van der Waals surface area contributed by atoms with E-state index in [-0.39, 0.29) is 11.7 Å². The topological polar surface area (TPSA) is 46.2 Å². The van der Waals surface area contributed by atoms with Crippen LogP contribution in [-0.4, -0.2) is 11.7 Å². The second kappa shape index (κ2) is 6.69. The van der Waals surface area contributed by atoms with Crippen LogP contribution in [0.4, 0.5) is 5.69 Å². The fourth-order valence-electron chi connectivity index (χ4n) is 1.89. The van der Waals surface area contributed by atoms with E-state index in [2.05, 4.69) is 5.32 Å². The molecule has 0 aliphatic rings. The first kappa shape index (κ1) is 14.9. The zero-order valence-electron chi connectivity index (χ0n) is 11.8. The van der Waals surface area contributed by atoms with Crippen LogP contribution < -0.4 is 5.32 Å². The molecule has 0 atom stereocenters. The lowest BCUT2D eigenvalue weighted by Gasteiger charge is -2.11. The summed E-state index contributed by atoms with van der Waals surface area (Å²) in [6.45, 7) is 6.96. The molecular weight excluding hydrogens is 238 g/mol. The Labute approximate surface area is 114 Å². The van der Waals surface area contributed by atoms with Gasteiger partial charge in [-0.3, -0.25) is 9.59 Å². The molecule has 1 amide bonds. The predicted octanol–water partition coefficient (Wildman–Crippen LogP) is 3.50. The fourth-order valence-corrected chi connectivity index (χ4v) is 1.89. The van der Waals surface area contributed by atoms with Crippen molar-refractivity contribution in [3.05, 3.63) is 53.1 Å². The Morgan fingerprint density at radius 1 is 1.00 bits per heavy atom. The van der Waals surface area contributed by atoms with Crippen LogP contribution in [0.2, 0.25) is 0 Å². The molecule has 0 unspecified atom stereocenters. The predicted molar refractivity (Wildman–Crippen MR) is 77.9 cm³/mol. The average molecular weight is 257 g/mol. The summed E-state index contributed by atoms with van der Waals surface area (Å²) in [5.74, 6) is -0.259. The van der Waals surface area contributed by atoms with Crippen molar-refractivity contribution in [2.45, 2.75) is 27.7 Å². The van der Waals surface area contributed by atoms with Crippen molar-refractivity contribution in [2.75, 3.05) is 5.32 Å². The molecule has 1 aromatic carbocycles. The molecule has 3 nitrogen and oxygen atoms in total. The number of nitrogens with one attached hydrogen (secondary N) is 1. The third-order valence-corrected chi connectivity index (χ3v) is 2.57. The van der Waals surface area contributed by atoms with E-state index < -0.39 is 0 Å². The first-order valence-corrected chi connectivity index (χ1v) is 6.15. The number of anilines is 1. The van der Waals surface area contributed by atoms with Gasteiger partial charge in [-0.1, -0.05) is 23.8 Å². The molecule has 19 heavy (non-hydrogen) atoms. The SMILES string of the molecule is CC(=O)/C=C(/C)C(C(=O)Nc1ccccc1)=C(C)C. The highest BCUT2D eigenvalue weighted by molar-refractivity contribution is 6.08. The largest absolute Gasteiger partial charge is 0.322 e. The quantitative estimate of drug-likeness (QED) is 0.663. The van der Waals surface area contributed by atoms with E-state index in [1.165, 1.54) is 13.0 Å². The molecule has 0 fully saturated rings. The molecule has 0 saturated heterocycles. The number of rotatable bonds is 4. The maximum Gasteiger partial charge on any atom is 0.255 e. The van der Waals surface area contributed by atoms with Crippen LogP contribution in [0, 0.1) is 0 Å². The minimum atomic E-state index is -0.193. The van der Waals surface area contributed by atoms with Crippen molar-refractivity contribution in [2.24, 2.45) is 0 Å². The smallest absolute Gasteiger partial charge is 0.255 e. The lowest BCUT2D eigenvalue weighted by molar-refractivity contribution is -0.113. The lowest BCUT2D eigenvalue weighted by Crippen LogP contribution is -2.16. The van der Waals surface area contributed by atoms with E-state index in [9.17, 15) is 9.59 Å². The molecule has 1 aromatic rings. The van der Waals surface area contributed by atoms with Gasteiger partial charge in [0.25, 0.3) is 5.91 Å². The summed E-state index contributed by atoms with van der Waals surface area (Å²) in [7, 11) is 0. The van der Waals surface area contributed by atoms with E-state index in [4.69, 9.17) is 0 Å². The van der Waals surface area contributed by atoms with Gasteiger partial charge in [0.2, 0.25) is 0 Å². The Kier molecular flexibility index (Phi) is 5.24. The Morgan fingerprint density at radius 2 is 1.58 bits per heavy atom. The summed E-state index contributed by atoms with van der Waals surface area (Å²) >= 11 is 0. The highest BCUT2D eigenvalue weighted by Gasteiger charge is 2.13. The second-order valence-corrected chi connectivity index (χ2v) is 4.63. The molecular formula is C16H19NO2. The Bertz CT molecular complexity index is 535. The van der Waals surface area contributed by atoms with Crippen molar-refractivity contribution in [3.8, 4) is 0 Å². The minimum Gasteiger partial charge on any atom is -0.322 e. The van der Waals surface area contributed by atoms with Crippen LogP contribution >= 0.6 is 0 Å². The first-order chi connectivity index (χ1) is 8.91. The summed E-state index contributed by atoms with van der Waals surface area (Å²) < 4.78 is 0. The van der Waals surface area contributed by atoms with Crippen LogP contribution in [0.25, 0.3) is 0 Å². The molecule has 0 heterocycles. The van der Waals surface area contributed by atoms with Gasteiger partial charge in [0.05, 0.1) is 0 Å². The van der Waals surface area contributed by atoms with Gasteiger partial charge < -0.3 is 5.32 Å². The molecule has 0 spiro atoms. The normalized spacial score (nSPS) is 10.8. The van der Waals surface area contributed by atoms with Crippen molar-refractivity contribution in [1.29, 1.82) is 0 Å². The molecule has 3 heteroatoms. The van der Waals surface area contributed by atoms with Crippen molar-refractivity contribution in [1.82, 2.24) is 0 Å². The second-order valence-electron chi connectivity index (χ2n) is 4.63. The molecule has 1 N–H and O–H groups in total. The molecule has 100 valence electrons. The third kappa shape index (κ3) is 4.54. The van der Waals surface area contributed by atoms with Gasteiger partial charge in [0, 0.05) is 11.3 Å². The number of carbonyl (C=O) groups excluding carboxylic acids is 2. The van der Waals surface area contributed by atoms with Crippen LogP contribution in [0.1, 0.15) is 27.7 Å². The highest BCUT2D eigenvalue weighted by atomic mass is 16.1. The van der Waals surface area contributed by atoms with Gasteiger partial charge in [-0.25, -0.2) is 0 Å². The number of hydrogen-bond acceptors (Lipinski definition) is 2. The average Bonchev–Trinajstić information content (AvgIpc) is 2.28. The summed E-state index contributed by atoms with van der Waals surface area (Å²) in [6.07, 6.45) is 1.48. The zero-order valence-corrected chi connectivity index (χ0v) is 11.8. The summed E-state index contributed by atoms with van der Waals surface area (Å²) in [5.41, 5.74) is 2.85. The molecule has 0 bridgehead atoms. The van der Waals surface area contributed by atoms with Gasteiger partial charge >= 0.3 is 0 Å². The third-order valence-electron chi connectivity index (χ3n) is 2.57. The number of carbonyl (C=O) groups is 2. The van der Waals surface area contributed by atoms with E-state index in [0.717, 1.165) is 11.3 Å². The number of amides is 1. The van der Waals surface area contributed by atoms with Gasteiger partial charge in [-0.05, 0) is 51.5 Å². The summed E-state index contributed by atoms with van der Waals surface area (Å²) in [6, 6.07) is 9.25. The monoisotopic (exact) mass is 257 g/mol. The minimum absolute atomic E-state index is 0.0660. The molecule has 0 aliphatic heterocycles. The highest BCUT2D eigenvalue weighted by Crippen LogP contribution is 2.17. The molecule has 0 saturated carbocycles. The summed E-state index contributed by atoms with van der Waals surface area (Å²) in [4.78, 5) is 23.4. The van der Waals surface area contributed by atoms with Crippen LogP contribution in [0.3, 0.4) is 0 Å². The van der Waals surface area contributed by atoms with E-state index in [0.29, 0.717) is 11.1 Å². The van der Waals surface area contributed by atoms with Crippen molar-refractivity contribution < 1.29 is 9.59 Å². The fraction of sp³-hybridized carbons (Fsp3) is 0.250. The zero-order chi connectivity index (χ0) is 14.4. The van der Waals surface area contributed by atoms with E-state index >= 15 is 0 Å². The molecule has 1 rings (SSSR count). The summed E-state index contributed by atoms with van der Waals surface area (Å²) in [5, 5.41) is 2.83. The Morgan fingerprint density at radius 3 is 2.05 bits per heavy atom. The lowest BCUT2D eigenvalue weighted by atomic mass is 10.0. The van der Waals surface area contributed by atoms with Crippen LogP contribution in [-0.2, 0) is 9.59 Å². The Balaban J connectivity index is 3.00. The number of hydrogen-bond donors (Lipinski definition) is 1. The van der Waals surface area contributed by atoms with Gasteiger partial charge in [0.1, 0.15) is 0 Å². The maximum absolute atomic E-state index is 12.3. The maximum atomic E-state index is 12.3. The number of para-hydroxylation sites is 1. The molecule has 0 aliphatic carbocycles. The number of allylic oxidation sites excluding steroid dienone is 2.